The first-order valence-corrected chi connectivity index (χ1v) is 33.7. The van der Waals surface area contributed by atoms with Crippen LogP contribution in [-0.4, -0.2) is 340 Å². The maximum absolute atomic E-state index is 14.8. The minimum absolute atomic E-state index is 0.0544. The van der Waals surface area contributed by atoms with Gasteiger partial charge in [-0.25, -0.2) is 0 Å². The monoisotopic (exact) mass is 1370 g/mol. The SMILES string of the molecule is CC1CCC2(OC1)OC1CC3C4CCC5CC(OC6OC(CO)C(OC7OC(CO)C(O)C(OC8OCC(O)C(OC9OC(CO)C(O)C(OC%10OC(CO)C(O)C(O)C%10O)C9O)C8O)C7OC7OC(CO)C(O)C(O)C7O)C(O)C6O)CCC5(C)C4CC(=O)C3(C)C1C2C. The van der Waals surface area contributed by atoms with E-state index in [2.05, 4.69) is 27.7 Å². The molecule has 12 aliphatic rings. The van der Waals surface area contributed by atoms with Crippen molar-refractivity contribution in [2.24, 2.45) is 52.3 Å². The van der Waals surface area contributed by atoms with Gasteiger partial charge in [-0.15, -0.1) is 0 Å². The van der Waals surface area contributed by atoms with Crippen LogP contribution in [0, 0.1) is 52.3 Å². The van der Waals surface area contributed by atoms with E-state index in [1.54, 1.807) is 0 Å². The largest absolute Gasteiger partial charge is 0.394 e. The Balaban J connectivity index is 0.733. The lowest BCUT2D eigenvalue weighted by atomic mass is 9.44. The number of rotatable bonds is 17. The van der Waals surface area contributed by atoms with Crippen LogP contribution in [0.2, 0.25) is 0 Å². The van der Waals surface area contributed by atoms with E-state index >= 15 is 0 Å². The van der Waals surface area contributed by atoms with Crippen molar-refractivity contribution in [3.63, 3.8) is 0 Å². The minimum atomic E-state index is -2.21. The fraction of sp³-hybridized carbons (Fsp3) is 0.984. The molecule has 33 nitrogen and oxygen atoms in total. The lowest BCUT2D eigenvalue weighted by molar-refractivity contribution is -0.407. The van der Waals surface area contributed by atoms with Crippen molar-refractivity contribution in [2.75, 3.05) is 46.2 Å². The summed E-state index contributed by atoms with van der Waals surface area (Å²) in [5, 5.41) is 198. The van der Waals surface area contributed by atoms with Crippen molar-refractivity contribution >= 4 is 5.78 Å². The standard InChI is InChI=1S/C62H100O33/c1-21-7-10-62(83-19-21)22(2)36-29(95-62)12-27-25-6-5-23-11-24(8-9-60(23,3)26(25)13-35(69)61(27,36)4)84-55-46(79)43(76)50(34(18-67)89-55)91-59-53(94-57-45(78)42(75)38(71)31(15-64)86-57)52(40(73)33(17-66)88-59)93-54-47(80)49(28(68)20-82-54)90-58-48(81)51(39(72)32(16-65)87-58)92-56-44(77)41(74)37(70)30(14-63)85-56/h21-34,36-59,63-68,70-81H,5-20H2,1-4H3. The van der Waals surface area contributed by atoms with Gasteiger partial charge in [0.25, 0.3) is 0 Å². The molecule has 8 saturated heterocycles. The van der Waals surface area contributed by atoms with Crippen LogP contribution in [0.15, 0.2) is 0 Å². The van der Waals surface area contributed by atoms with E-state index in [1.165, 1.54) is 0 Å². The number of hydrogen-bond acceptors (Lipinski definition) is 33. The predicted octanol–water partition coefficient (Wildman–Crippen LogP) is -7.44. The Morgan fingerprint density at radius 3 is 1.56 bits per heavy atom. The van der Waals surface area contributed by atoms with E-state index in [0.29, 0.717) is 49.9 Å². The minimum Gasteiger partial charge on any atom is -0.394 e. The van der Waals surface area contributed by atoms with Crippen LogP contribution < -0.4 is 0 Å². The van der Waals surface area contributed by atoms with Crippen LogP contribution in [0.3, 0.4) is 0 Å². The average molecular weight is 1370 g/mol. The zero-order valence-electron chi connectivity index (χ0n) is 53.4. The molecule has 4 saturated carbocycles. The highest BCUT2D eigenvalue weighted by molar-refractivity contribution is 5.87. The van der Waals surface area contributed by atoms with Gasteiger partial charge in [-0.05, 0) is 80.0 Å². The predicted molar refractivity (Wildman–Crippen MR) is 308 cm³/mol. The Kier molecular flexibility index (Phi) is 22.3. The van der Waals surface area contributed by atoms with Gasteiger partial charge in [0.05, 0.1) is 58.5 Å². The fourth-order valence-electron chi connectivity index (χ4n) is 18.5. The van der Waals surface area contributed by atoms with Crippen molar-refractivity contribution in [3.05, 3.63) is 0 Å². The van der Waals surface area contributed by atoms with Crippen LogP contribution in [0.25, 0.3) is 0 Å². The molecule has 95 heavy (non-hydrogen) atoms. The smallest absolute Gasteiger partial charge is 0.187 e. The van der Waals surface area contributed by atoms with Crippen LogP contribution >= 0.6 is 0 Å². The Labute approximate surface area is 547 Å². The first kappa shape index (κ1) is 73.2. The third kappa shape index (κ3) is 13.0. The Morgan fingerprint density at radius 2 is 0.958 bits per heavy atom. The molecule has 1 spiro atoms. The van der Waals surface area contributed by atoms with Crippen LogP contribution in [0.1, 0.15) is 85.5 Å². The lowest BCUT2D eigenvalue weighted by Crippen LogP contribution is -2.69. The second kappa shape index (κ2) is 28.9. The van der Waals surface area contributed by atoms with Gasteiger partial charge >= 0.3 is 0 Å². The molecule has 4 aliphatic carbocycles. The van der Waals surface area contributed by atoms with E-state index in [9.17, 15) is 96.7 Å². The van der Waals surface area contributed by atoms with Gasteiger partial charge < -0.3 is 158 Å². The zero-order valence-corrected chi connectivity index (χ0v) is 53.4. The Morgan fingerprint density at radius 1 is 0.453 bits per heavy atom. The van der Waals surface area contributed by atoms with Crippen LogP contribution in [0.5, 0.6) is 0 Å². The molecular formula is C62H100O33. The number of ketones is 1. The summed E-state index contributed by atoms with van der Waals surface area (Å²) >= 11 is 0. The second-order valence-electron chi connectivity index (χ2n) is 29.4. The first-order chi connectivity index (χ1) is 45.2. The number of ether oxygens (including phenoxy) is 14. The third-order valence-electron chi connectivity index (χ3n) is 24.1. The van der Waals surface area contributed by atoms with E-state index in [4.69, 9.17) is 66.3 Å². The molecular weight excluding hydrogens is 1270 g/mol. The molecule has 12 fully saturated rings. The lowest BCUT2D eigenvalue weighted by Gasteiger charge is -2.60. The summed E-state index contributed by atoms with van der Waals surface area (Å²) in [6.07, 6.45) is -49.4. The normalized spacial score (nSPS) is 56.5. The van der Waals surface area contributed by atoms with Gasteiger partial charge in [0.2, 0.25) is 0 Å². The highest BCUT2D eigenvalue weighted by atomic mass is 16.8. The van der Waals surface area contributed by atoms with Crippen molar-refractivity contribution in [1.29, 1.82) is 0 Å². The maximum atomic E-state index is 14.8. The topological polar surface area (TPSA) is 510 Å². The number of carbonyl (C=O) groups is 1. The molecule has 8 aliphatic heterocycles. The molecule has 8 heterocycles. The maximum Gasteiger partial charge on any atom is 0.187 e. The van der Waals surface area contributed by atoms with Gasteiger partial charge in [-0.2, -0.15) is 0 Å². The number of aliphatic hydroxyl groups is 18. The average Bonchev–Trinajstić information content (AvgIpc) is 1.54. The highest BCUT2D eigenvalue weighted by Crippen LogP contribution is 2.70. The molecule has 0 aromatic carbocycles. The van der Waals surface area contributed by atoms with Crippen molar-refractivity contribution in [1.82, 2.24) is 0 Å². The summed E-state index contributed by atoms with van der Waals surface area (Å²) in [6, 6.07) is 0. The number of Topliss-reactive ketones (excluding diaryl/α,β-unsaturated/α-hetero) is 1. The highest BCUT2D eigenvalue weighted by Gasteiger charge is 2.72. The molecule has 33 heteroatoms. The molecule has 41 atom stereocenters. The number of hydrogen-bond donors (Lipinski definition) is 18. The molecule has 18 N–H and O–H groups in total. The molecule has 0 amide bonds. The molecule has 0 aromatic heterocycles. The summed E-state index contributed by atoms with van der Waals surface area (Å²) in [5.74, 6) is 0.982. The van der Waals surface area contributed by atoms with E-state index in [0.717, 1.165) is 32.1 Å². The molecule has 41 unspecified atom stereocenters. The van der Waals surface area contributed by atoms with Crippen molar-refractivity contribution in [2.45, 2.75) is 282 Å². The van der Waals surface area contributed by atoms with Gasteiger partial charge in [0.1, 0.15) is 146 Å². The summed E-state index contributed by atoms with van der Waals surface area (Å²) in [5.41, 5.74) is -0.742. The van der Waals surface area contributed by atoms with Crippen LogP contribution in [-0.2, 0) is 71.1 Å². The Hall–Kier alpha value is -1.61. The first-order valence-electron chi connectivity index (χ1n) is 33.7. The summed E-state index contributed by atoms with van der Waals surface area (Å²) in [4.78, 5) is 14.8. The van der Waals surface area contributed by atoms with Crippen LogP contribution in [0.4, 0.5) is 0 Å². The molecule has 0 bridgehead atoms. The second-order valence-corrected chi connectivity index (χ2v) is 29.4. The van der Waals surface area contributed by atoms with Gasteiger partial charge in [0, 0.05) is 30.1 Å². The van der Waals surface area contributed by atoms with Crippen molar-refractivity contribution in [3.8, 4) is 0 Å². The number of carbonyl (C=O) groups excluding carboxylic acids is 1. The third-order valence-corrected chi connectivity index (χ3v) is 24.1. The fourth-order valence-corrected chi connectivity index (χ4v) is 18.5. The van der Waals surface area contributed by atoms with Gasteiger partial charge in [0.15, 0.2) is 43.5 Å². The summed E-state index contributed by atoms with van der Waals surface area (Å²) in [6.45, 7) is 4.04. The molecule has 546 valence electrons. The molecule has 12 rings (SSSR count). The molecule has 0 radical (unpaired) electrons. The summed E-state index contributed by atoms with van der Waals surface area (Å²) < 4.78 is 84.7. The zero-order chi connectivity index (χ0) is 68.2. The van der Waals surface area contributed by atoms with Gasteiger partial charge in [-0.1, -0.05) is 27.7 Å². The quantitative estimate of drug-likeness (QED) is 0.0602. The number of aliphatic hydroxyl groups excluding tert-OH is 18. The van der Waals surface area contributed by atoms with E-state index < -0.39 is 235 Å². The number of fused-ring (bicyclic) bond motifs is 7. The van der Waals surface area contributed by atoms with E-state index in [1.807, 2.05) is 0 Å². The summed E-state index contributed by atoms with van der Waals surface area (Å²) in [7, 11) is 0. The van der Waals surface area contributed by atoms with Crippen molar-refractivity contribution < 1.29 is 163 Å². The van der Waals surface area contributed by atoms with Gasteiger partial charge in [-0.3, -0.25) is 4.79 Å². The Bertz CT molecular complexity index is 2550. The molecule has 0 aromatic rings. The van der Waals surface area contributed by atoms with E-state index in [-0.39, 0.29) is 41.1 Å².